The Balaban J connectivity index is 1.67. The molecule has 0 aliphatic carbocycles. The third kappa shape index (κ3) is 2.68. The van der Waals surface area contributed by atoms with E-state index in [9.17, 15) is 0 Å². The molecule has 3 aromatic heterocycles. The van der Waals surface area contributed by atoms with Crippen molar-refractivity contribution in [1.82, 2.24) is 19.6 Å². The number of nitrogens with zero attached hydrogens (tertiary/aromatic N) is 4. The molecule has 0 saturated carbocycles. The topological polar surface area (TPSA) is 43.1 Å². The number of hydrogen-bond acceptors (Lipinski definition) is 4. The van der Waals surface area contributed by atoms with Gasteiger partial charge in [0.1, 0.15) is 0 Å². The normalized spacial score (nSPS) is 11.3. The second-order valence-electron chi connectivity index (χ2n) is 5.44. The Hall–Kier alpha value is -2.40. The first-order valence-electron chi connectivity index (χ1n) is 7.59. The van der Waals surface area contributed by atoms with E-state index in [1.54, 1.807) is 11.8 Å². The van der Waals surface area contributed by atoms with Gasteiger partial charge < -0.3 is 0 Å². The fourth-order valence-corrected chi connectivity index (χ4v) is 3.67. The van der Waals surface area contributed by atoms with Gasteiger partial charge in [0.05, 0.1) is 5.52 Å². The van der Waals surface area contributed by atoms with E-state index in [1.807, 2.05) is 18.3 Å². The first-order valence-corrected chi connectivity index (χ1v) is 8.58. The van der Waals surface area contributed by atoms with Crippen molar-refractivity contribution >= 4 is 28.3 Å². The van der Waals surface area contributed by atoms with Crippen molar-refractivity contribution in [2.24, 2.45) is 0 Å². The van der Waals surface area contributed by atoms with Gasteiger partial charge in [-0.25, -0.2) is 0 Å². The summed E-state index contributed by atoms with van der Waals surface area (Å²) in [5.41, 5.74) is 4.40. The van der Waals surface area contributed by atoms with Gasteiger partial charge in [-0.3, -0.25) is 9.38 Å². The molecule has 3 heterocycles. The fourth-order valence-electron chi connectivity index (χ4n) is 2.76. The third-order valence-electron chi connectivity index (χ3n) is 3.89. The average molecular weight is 320 g/mol. The molecule has 0 atom stereocenters. The predicted molar refractivity (Wildman–Crippen MR) is 93.9 cm³/mol. The van der Waals surface area contributed by atoms with Gasteiger partial charge in [-0.2, -0.15) is 0 Å². The summed E-state index contributed by atoms with van der Waals surface area (Å²) in [6.45, 7) is 2.12. The number of benzene rings is 1. The summed E-state index contributed by atoms with van der Waals surface area (Å²) >= 11 is 1.72. The Kier molecular flexibility index (Phi) is 3.71. The van der Waals surface area contributed by atoms with Gasteiger partial charge in [-0.1, -0.05) is 36.0 Å². The Labute approximate surface area is 138 Å². The van der Waals surface area contributed by atoms with Gasteiger partial charge in [-0.15, -0.1) is 10.2 Å². The van der Waals surface area contributed by atoms with E-state index < -0.39 is 0 Å². The zero-order valence-corrected chi connectivity index (χ0v) is 13.6. The van der Waals surface area contributed by atoms with E-state index in [1.165, 1.54) is 10.9 Å². The van der Waals surface area contributed by atoms with Crippen LogP contribution in [0.3, 0.4) is 0 Å². The number of hydrogen-bond donors (Lipinski definition) is 0. The summed E-state index contributed by atoms with van der Waals surface area (Å²) < 4.78 is 2.14. The first-order chi connectivity index (χ1) is 11.3. The van der Waals surface area contributed by atoms with Gasteiger partial charge >= 0.3 is 0 Å². The quantitative estimate of drug-likeness (QED) is 0.535. The lowest BCUT2D eigenvalue weighted by molar-refractivity contribution is 0.935. The largest absolute Gasteiger partial charge is 0.270 e. The van der Waals surface area contributed by atoms with Crippen molar-refractivity contribution < 1.29 is 0 Å². The molecular weight excluding hydrogens is 304 g/mol. The van der Waals surface area contributed by atoms with Crippen LogP contribution in [-0.2, 0) is 6.42 Å². The number of aromatic nitrogens is 4. The zero-order chi connectivity index (χ0) is 15.6. The number of thioether (sulfide) groups is 1. The molecule has 4 nitrogen and oxygen atoms in total. The van der Waals surface area contributed by atoms with E-state index in [0.717, 1.165) is 34.2 Å². The Morgan fingerprint density at radius 3 is 2.78 bits per heavy atom. The molecule has 0 spiro atoms. The lowest BCUT2D eigenvalue weighted by Crippen LogP contribution is -1.95. The van der Waals surface area contributed by atoms with Crippen LogP contribution >= 0.6 is 11.8 Å². The van der Waals surface area contributed by atoms with Gasteiger partial charge in [0.2, 0.25) is 0 Å². The monoisotopic (exact) mass is 320 g/mol. The van der Waals surface area contributed by atoms with Crippen molar-refractivity contribution in [3.63, 3.8) is 0 Å². The molecule has 0 radical (unpaired) electrons. The minimum absolute atomic E-state index is 0.904. The molecule has 0 aliphatic heterocycles. The van der Waals surface area contributed by atoms with Gasteiger partial charge in [0.15, 0.2) is 10.8 Å². The molecule has 0 amide bonds. The maximum absolute atomic E-state index is 4.37. The predicted octanol–water partition coefficient (Wildman–Crippen LogP) is 3.92. The first kappa shape index (κ1) is 14.2. The highest BCUT2D eigenvalue weighted by Gasteiger charge is 2.11. The number of fused-ring (bicyclic) bond motifs is 3. The van der Waals surface area contributed by atoms with Crippen molar-refractivity contribution in [2.45, 2.75) is 18.5 Å². The van der Waals surface area contributed by atoms with E-state index in [-0.39, 0.29) is 0 Å². The number of pyridine rings is 2. The van der Waals surface area contributed by atoms with Crippen molar-refractivity contribution in [3.05, 3.63) is 66.0 Å². The van der Waals surface area contributed by atoms with E-state index in [4.69, 9.17) is 0 Å². The second-order valence-corrected chi connectivity index (χ2v) is 6.50. The summed E-state index contributed by atoms with van der Waals surface area (Å²) in [6, 6.07) is 16.5. The highest BCUT2D eigenvalue weighted by molar-refractivity contribution is 7.99. The van der Waals surface area contributed by atoms with Crippen molar-refractivity contribution in [2.75, 3.05) is 5.75 Å². The van der Waals surface area contributed by atoms with Crippen LogP contribution in [0.4, 0.5) is 0 Å². The van der Waals surface area contributed by atoms with Crippen LogP contribution < -0.4 is 0 Å². The van der Waals surface area contributed by atoms with Crippen LogP contribution in [-0.4, -0.2) is 25.3 Å². The van der Waals surface area contributed by atoms with Gasteiger partial charge in [0.25, 0.3) is 0 Å². The van der Waals surface area contributed by atoms with Crippen LogP contribution in [0.25, 0.3) is 16.6 Å². The molecule has 4 rings (SSSR count). The van der Waals surface area contributed by atoms with E-state index >= 15 is 0 Å². The number of para-hydroxylation sites is 1. The van der Waals surface area contributed by atoms with Gasteiger partial charge in [0, 0.05) is 23.0 Å². The molecule has 0 saturated heterocycles. The summed E-state index contributed by atoms with van der Waals surface area (Å²) in [6.07, 6.45) is 2.76. The van der Waals surface area contributed by atoms with Crippen LogP contribution in [0.1, 0.15) is 11.3 Å². The molecule has 23 heavy (non-hydrogen) atoms. The van der Waals surface area contributed by atoms with E-state index in [0.29, 0.717) is 0 Å². The summed E-state index contributed by atoms with van der Waals surface area (Å²) in [5, 5.41) is 10.9. The van der Waals surface area contributed by atoms with Gasteiger partial charge in [-0.05, 0) is 43.2 Å². The highest BCUT2D eigenvalue weighted by Crippen LogP contribution is 2.25. The maximum atomic E-state index is 4.37. The minimum atomic E-state index is 0.904. The van der Waals surface area contributed by atoms with Crippen LogP contribution in [0.2, 0.25) is 0 Å². The molecule has 0 aliphatic rings. The van der Waals surface area contributed by atoms with Crippen molar-refractivity contribution in [1.29, 1.82) is 0 Å². The summed E-state index contributed by atoms with van der Waals surface area (Å²) in [7, 11) is 0. The second kappa shape index (κ2) is 6.01. The third-order valence-corrected chi connectivity index (χ3v) is 4.82. The summed E-state index contributed by atoms with van der Waals surface area (Å²) in [4.78, 5) is 4.37. The standard InChI is InChI=1S/C18H16N4S/c1-13-12-17-20-21-18(22(17)16-8-3-2-7-15(13)16)23-11-9-14-6-4-5-10-19-14/h2-8,10,12H,9,11H2,1H3. The fraction of sp³-hybridized carbons (Fsp3) is 0.167. The smallest absolute Gasteiger partial charge is 0.196 e. The summed E-state index contributed by atoms with van der Waals surface area (Å²) in [5.74, 6) is 0.931. The lowest BCUT2D eigenvalue weighted by Gasteiger charge is -2.07. The molecule has 1 aromatic carbocycles. The molecular formula is C18H16N4S. The molecule has 0 N–H and O–H groups in total. The number of aryl methyl sites for hydroxylation is 2. The minimum Gasteiger partial charge on any atom is -0.270 e. The Morgan fingerprint density at radius 2 is 1.91 bits per heavy atom. The lowest BCUT2D eigenvalue weighted by atomic mass is 10.1. The van der Waals surface area contributed by atoms with E-state index in [2.05, 4.69) is 62.9 Å². The molecule has 114 valence electrons. The van der Waals surface area contributed by atoms with Crippen LogP contribution in [0.15, 0.2) is 59.9 Å². The molecule has 0 unspecified atom stereocenters. The molecule has 4 aromatic rings. The molecule has 0 fully saturated rings. The Morgan fingerprint density at radius 1 is 1.04 bits per heavy atom. The molecule has 0 bridgehead atoms. The Bertz CT molecular complexity index is 963. The maximum Gasteiger partial charge on any atom is 0.196 e. The molecule has 5 heteroatoms. The van der Waals surface area contributed by atoms with Crippen LogP contribution in [0.5, 0.6) is 0 Å². The van der Waals surface area contributed by atoms with Crippen molar-refractivity contribution in [3.8, 4) is 0 Å². The highest BCUT2D eigenvalue weighted by atomic mass is 32.2. The zero-order valence-electron chi connectivity index (χ0n) is 12.8. The van der Waals surface area contributed by atoms with Crippen LogP contribution in [0, 0.1) is 6.92 Å². The average Bonchev–Trinajstić information content (AvgIpc) is 2.99. The SMILES string of the molecule is Cc1cc2nnc(SCCc3ccccn3)n2c2ccccc12. The number of rotatable bonds is 4.